The molecule has 0 aliphatic carbocycles. The molecule has 0 unspecified atom stereocenters. The normalized spacial score (nSPS) is 25.0. The van der Waals surface area contributed by atoms with E-state index in [0.29, 0.717) is 37.9 Å². The van der Waals surface area contributed by atoms with E-state index in [2.05, 4.69) is 4.72 Å². The van der Waals surface area contributed by atoms with E-state index in [1.165, 1.54) is 19.2 Å². The van der Waals surface area contributed by atoms with E-state index >= 15 is 0 Å². The van der Waals surface area contributed by atoms with Crippen LogP contribution in [0.25, 0.3) is 0 Å². The lowest BCUT2D eigenvalue weighted by molar-refractivity contribution is 0.0761. The van der Waals surface area contributed by atoms with Crippen LogP contribution in [-0.2, 0) is 19.5 Å². The molecule has 2 heterocycles. The van der Waals surface area contributed by atoms with Crippen LogP contribution >= 0.6 is 0 Å². The Morgan fingerprint density at radius 2 is 1.95 bits per heavy atom. The summed E-state index contributed by atoms with van der Waals surface area (Å²) in [5.74, 6) is 1.02. The van der Waals surface area contributed by atoms with Crippen molar-refractivity contribution < 1.29 is 27.4 Å². The molecule has 0 spiro atoms. The molecule has 2 aliphatic rings. The van der Waals surface area contributed by atoms with Gasteiger partial charge in [0, 0.05) is 19.6 Å². The average Bonchev–Trinajstić information content (AvgIpc) is 2.80. The Kier molecular flexibility index (Phi) is 4.53. The second-order valence-electron chi connectivity index (χ2n) is 5.20. The van der Waals surface area contributed by atoms with E-state index in [1.807, 2.05) is 0 Å². The number of nitrogens with one attached hydrogen (secondary N) is 1. The molecule has 1 aromatic carbocycles. The smallest absolute Gasteiger partial charge is 0.241 e. The van der Waals surface area contributed by atoms with Crippen LogP contribution in [0.15, 0.2) is 23.1 Å². The number of methoxy groups -OCH3 is 1. The summed E-state index contributed by atoms with van der Waals surface area (Å²) in [4.78, 5) is 0.138. The van der Waals surface area contributed by atoms with Crippen molar-refractivity contribution >= 4 is 10.0 Å². The van der Waals surface area contributed by atoms with Crippen molar-refractivity contribution in [2.24, 2.45) is 0 Å². The van der Waals surface area contributed by atoms with Crippen molar-refractivity contribution in [2.45, 2.75) is 23.5 Å². The van der Waals surface area contributed by atoms with Gasteiger partial charge < -0.3 is 18.9 Å². The minimum Gasteiger partial charge on any atom is -0.490 e. The first-order valence-corrected chi connectivity index (χ1v) is 8.61. The molecule has 1 aromatic rings. The molecule has 0 bridgehead atoms. The number of fused-ring (bicyclic) bond motifs is 1. The van der Waals surface area contributed by atoms with Gasteiger partial charge in [0.2, 0.25) is 10.0 Å². The van der Waals surface area contributed by atoms with Gasteiger partial charge in [-0.2, -0.15) is 0 Å². The van der Waals surface area contributed by atoms with Gasteiger partial charge in [0.25, 0.3) is 0 Å². The first-order valence-electron chi connectivity index (χ1n) is 7.13. The predicted octanol–water partition coefficient (Wildman–Crippen LogP) is 0.540. The third kappa shape index (κ3) is 3.19. The average molecular weight is 329 g/mol. The SMILES string of the molecule is CO[C@H]1COC[C@@H]1NS(=O)(=O)c1ccc2c(c1)OCCCO2. The molecule has 22 heavy (non-hydrogen) atoms. The van der Waals surface area contributed by atoms with Crippen LogP contribution in [0.1, 0.15) is 6.42 Å². The van der Waals surface area contributed by atoms with Gasteiger partial charge in [0.1, 0.15) is 0 Å². The summed E-state index contributed by atoms with van der Waals surface area (Å²) in [6, 6.07) is 4.22. The van der Waals surface area contributed by atoms with Crippen molar-refractivity contribution in [3.63, 3.8) is 0 Å². The highest BCUT2D eigenvalue weighted by atomic mass is 32.2. The Balaban J connectivity index is 1.81. The highest BCUT2D eigenvalue weighted by Gasteiger charge is 2.32. The van der Waals surface area contributed by atoms with Gasteiger partial charge in [-0.15, -0.1) is 0 Å². The van der Waals surface area contributed by atoms with Gasteiger partial charge in [0.05, 0.1) is 43.5 Å². The number of hydrogen-bond acceptors (Lipinski definition) is 6. The zero-order valence-corrected chi connectivity index (χ0v) is 13.1. The summed E-state index contributed by atoms with van der Waals surface area (Å²) < 4.78 is 49.1. The molecule has 8 heteroatoms. The lowest BCUT2D eigenvalue weighted by Gasteiger charge is -2.18. The van der Waals surface area contributed by atoms with Crippen molar-refractivity contribution in [2.75, 3.05) is 33.5 Å². The van der Waals surface area contributed by atoms with Crippen LogP contribution < -0.4 is 14.2 Å². The Morgan fingerprint density at radius 3 is 2.73 bits per heavy atom. The lowest BCUT2D eigenvalue weighted by atomic mass is 10.2. The summed E-state index contributed by atoms with van der Waals surface area (Å²) in [5.41, 5.74) is 0. The van der Waals surface area contributed by atoms with E-state index < -0.39 is 16.1 Å². The number of benzene rings is 1. The maximum absolute atomic E-state index is 12.5. The van der Waals surface area contributed by atoms with E-state index in [0.717, 1.165) is 6.42 Å². The molecule has 0 amide bonds. The van der Waals surface area contributed by atoms with Gasteiger partial charge in [-0.05, 0) is 12.1 Å². The lowest BCUT2D eigenvalue weighted by Crippen LogP contribution is -2.43. The quantitative estimate of drug-likeness (QED) is 0.868. The van der Waals surface area contributed by atoms with Crippen molar-refractivity contribution in [1.82, 2.24) is 4.72 Å². The summed E-state index contributed by atoms with van der Waals surface area (Å²) in [6.07, 6.45) is 0.486. The molecule has 1 saturated heterocycles. The fourth-order valence-corrected chi connectivity index (χ4v) is 3.72. The largest absolute Gasteiger partial charge is 0.490 e. The maximum Gasteiger partial charge on any atom is 0.241 e. The number of rotatable bonds is 4. The molecule has 0 radical (unpaired) electrons. The predicted molar refractivity (Wildman–Crippen MR) is 77.8 cm³/mol. The molecule has 122 valence electrons. The first kappa shape index (κ1) is 15.5. The van der Waals surface area contributed by atoms with E-state index in [9.17, 15) is 8.42 Å². The van der Waals surface area contributed by atoms with Gasteiger partial charge in [-0.1, -0.05) is 0 Å². The third-order valence-corrected chi connectivity index (χ3v) is 5.15. The van der Waals surface area contributed by atoms with Crippen molar-refractivity contribution in [3.05, 3.63) is 18.2 Å². The van der Waals surface area contributed by atoms with E-state index in [1.54, 1.807) is 6.07 Å². The Morgan fingerprint density at radius 1 is 1.18 bits per heavy atom. The Labute approximate surface area is 129 Å². The fraction of sp³-hybridized carbons (Fsp3) is 0.571. The molecule has 2 atom stereocenters. The van der Waals surface area contributed by atoms with Crippen LogP contribution in [-0.4, -0.2) is 54.1 Å². The second-order valence-corrected chi connectivity index (χ2v) is 6.91. The molecule has 0 saturated carbocycles. The topological polar surface area (TPSA) is 83.1 Å². The minimum absolute atomic E-state index is 0.138. The van der Waals surface area contributed by atoms with E-state index in [4.69, 9.17) is 18.9 Å². The van der Waals surface area contributed by atoms with Gasteiger partial charge in [-0.25, -0.2) is 13.1 Å². The Hall–Kier alpha value is -1.35. The molecule has 3 rings (SSSR count). The van der Waals surface area contributed by atoms with Gasteiger partial charge in [-0.3, -0.25) is 0 Å². The first-order chi connectivity index (χ1) is 10.6. The molecular formula is C14H19NO6S. The zero-order chi connectivity index (χ0) is 15.6. The summed E-state index contributed by atoms with van der Waals surface area (Å²) in [6.45, 7) is 1.74. The van der Waals surface area contributed by atoms with Gasteiger partial charge >= 0.3 is 0 Å². The van der Waals surface area contributed by atoms with Crippen LogP contribution in [0.5, 0.6) is 11.5 Å². The Bertz CT molecular complexity index is 632. The monoisotopic (exact) mass is 329 g/mol. The summed E-state index contributed by atoms with van der Waals surface area (Å²) in [5, 5.41) is 0. The third-order valence-electron chi connectivity index (χ3n) is 3.67. The number of sulfonamides is 1. The number of ether oxygens (including phenoxy) is 4. The van der Waals surface area contributed by atoms with Crippen LogP contribution in [0.4, 0.5) is 0 Å². The van der Waals surface area contributed by atoms with Gasteiger partial charge in [0.15, 0.2) is 11.5 Å². The molecule has 2 aliphatic heterocycles. The highest BCUT2D eigenvalue weighted by molar-refractivity contribution is 7.89. The maximum atomic E-state index is 12.5. The standard InChI is InChI=1S/C14H19NO6S/c1-18-14-9-19-8-11(14)15-22(16,17)10-3-4-12-13(7-10)21-6-2-5-20-12/h3-4,7,11,14-15H,2,5-6,8-9H2,1H3/t11-,14-/m0/s1. The molecule has 0 aromatic heterocycles. The molecule has 1 N–H and O–H groups in total. The van der Waals surface area contributed by atoms with Crippen LogP contribution in [0.3, 0.4) is 0 Å². The highest BCUT2D eigenvalue weighted by Crippen LogP contribution is 2.32. The molecular weight excluding hydrogens is 310 g/mol. The fourth-order valence-electron chi connectivity index (χ4n) is 2.45. The second kappa shape index (κ2) is 6.41. The van der Waals surface area contributed by atoms with Crippen LogP contribution in [0.2, 0.25) is 0 Å². The van der Waals surface area contributed by atoms with Crippen molar-refractivity contribution in [1.29, 1.82) is 0 Å². The summed E-state index contributed by atoms with van der Waals surface area (Å²) in [7, 11) is -2.14. The number of hydrogen-bond donors (Lipinski definition) is 1. The molecule has 1 fully saturated rings. The minimum atomic E-state index is -3.68. The molecule has 7 nitrogen and oxygen atoms in total. The van der Waals surface area contributed by atoms with Crippen molar-refractivity contribution in [3.8, 4) is 11.5 Å². The zero-order valence-electron chi connectivity index (χ0n) is 12.3. The van der Waals surface area contributed by atoms with Crippen LogP contribution in [0, 0.1) is 0 Å². The van der Waals surface area contributed by atoms with E-state index in [-0.39, 0.29) is 11.0 Å². The summed E-state index contributed by atoms with van der Waals surface area (Å²) >= 11 is 0.